The van der Waals surface area contributed by atoms with Gasteiger partial charge in [0, 0.05) is 18.5 Å². The van der Waals surface area contributed by atoms with E-state index in [-0.39, 0.29) is 0 Å². The van der Waals surface area contributed by atoms with Crippen molar-refractivity contribution in [3.8, 4) is 0 Å². The Morgan fingerprint density at radius 3 is 2.48 bits per heavy atom. The molecule has 1 heteroatoms. The minimum Gasteiger partial charge on any atom is -0.295 e. The summed E-state index contributed by atoms with van der Waals surface area (Å²) in [6.07, 6.45) is 2.55. The van der Waals surface area contributed by atoms with E-state index >= 15 is 0 Å². The van der Waals surface area contributed by atoms with Gasteiger partial charge in [-0.15, -0.1) is 0 Å². The Morgan fingerprint density at radius 2 is 1.71 bits per heavy atom. The van der Waals surface area contributed by atoms with E-state index in [2.05, 4.69) is 73.3 Å². The smallest absolute Gasteiger partial charge is 0.0246 e. The molecule has 1 aliphatic rings. The molecule has 0 saturated heterocycles. The van der Waals surface area contributed by atoms with E-state index in [9.17, 15) is 0 Å². The first-order chi connectivity index (χ1) is 10.3. The number of rotatable bonds is 4. The number of unbranched alkanes of at least 4 members (excludes halogenated alkanes) is 1. The maximum absolute atomic E-state index is 2.66. The van der Waals surface area contributed by atoms with Crippen molar-refractivity contribution in [1.29, 1.82) is 0 Å². The van der Waals surface area contributed by atoms with Gasteiger partial charge in [0.15, 0.2) is 0 Å². The molecular formula is C20H25N. The van der Waals surface area contributed by atoms with Gasteiger partial charge in [-0.1, -0.05) is 67.9 Å². The fourth-order valence-corrected chi connectivity index (χ4v) is 3.58. The van der Waals surface area contributed by atoms with Crippen LogP contribution in [-0.4, -0.2) is 17.5 Å². The maximum Gasteiger partial charge on any atom is 0.0246 e. The van der Waals surface area contributed by atoms with E-state index in [1.807, 2.05) is 0 Å². The molecule has 0 saturated carbocycles. The Balaban J connectivity index is 1.99. The summed E-state index contributed by atoms with van der Waals surface area (Å²) in [7, 11) is 0. The largest absolute Gasteiger partial charge is 0.295 e. The van der Waals surface area contributed by atoms with Crippen LogP contribution in [0.1, 0.15) is 49.3 Å². The van der Waals surface area contributed by atoms with Crippen LogP contribution in [0.5, 0.6) is 0 Å². The fourth-order valence-electron chi connectivity index (χ4n) is 3.58. The van der Waals surface area contributed by atoms with Crippen LogP contribution in [0.15, 0.2) is 54.6 Å². The second-order valence-corrected chi connectivity index (χ2v) is 6.15. The van der Waals surface area contributed by atoms with Gasteiger partial charge >= 0.3 is 0 Å². The molecular weight excluding hydrogens is 254 g/mol. The summed E-state index contributed by atoms with van der Waals surface area (Å²) >= 11 is 0. The average Bonchev–Trinajstić information content (AvgIpc) is 2.54. The van der Waals surface area contributed by atoms with Gasteiger partial charge in [0.05, 0.1) is 0 Å². The lowest BCUT2D eigenvalue weighted by molar-refractivity contribution is 0.166. The molecule has 3 rings (SSSR count). The summed E-state index contributed by atoms with van der Waals surface area (Å²) in [4.78, 5) is 2.66. The van der Waals surface area contributed by atoms with Crippen molar-refractivity contribution in [2.75, 3.05) is 6.54 Å². The van der Waals surface area contributed by atoms with Crippen LogP contribution in [-0.2, 0) is 6.54 Å². The zero-order valence-corrected chi connectivity index (χ0v) is 13.1. The third kappa shape index (κ3) is 2.89. The Morgan fingerprint density at radius 1 is 1.00 bits per heavy atom. The summed E-state index contributed by atoms with van der Waals surface area (Å²) in [5, 5.41) is 0. The molecule has 0 bridgehead atoms. The number of benzene rings is 2. The maximum atomic E-state index is 2.66. The molecule has 2 aromatic carbocycles. The highest BCUT2D eigenvalue weighted by atomic mass is 15.2. The van der Waals surface area contributed by atoms with E-state index in [1.165, 1.54) is 36.1 Å². The van der Waals surface area contributed by atoms with Crippen LogP contribution in [0.25, 0.3) is 0 Å². The molecule has 0 spiro atoms. The third-order valence-corrected chi connectivity index (χ3v) is 4.78. The van der Waals surface area contributed by atoms with E-state index in [1.54, 1.807) is 0 Å². The summed E-state index contributed by atoms with van der Waals surface area (Å²) in [6.45, 7) is 6.97. The Labute approximate surface area is 128 Å². The summed E-state index contributed by atoms with van der Waals surface area (Å²) < 4.78 is 0. The Hall–Kier alpha value is -1.60. The molecule has 2 atom stereocenters. The van der Waals surface area contributed by atoms with Crippen LogP contribution in [0.2, 0.25) is 0 Å². The van der Waals surface area contributed by atoms with Crippen LogP contribution >= 0.6 is 0 Å². The zero-order valence-electron chi connectivity index (χ0n) is 13.1. The summed E-state index contributed by atoms with van der Waals surface area (Å²) in [6, 6.07) is 20.5. The number of nitrogens with zero attached hydrogens (tertiary/aromatic N) is 1. The highest BCUT2D eigenvalue weighted by Crippen LogP contribution is 2.37. The van der Waals surface area contributed by atoms with Crippen LogP contribution in [0.4, 0.5) is 0 Å². The fraction of sp³-hybridized carbons (Fsp3) is 0.400. The molecule has 0 aliphatic carbocycles. The topological polar surface area (TPSA) is 3.24 Å². The van der Waals surface area contributed by atoms with E-state index in [0.29, 0.717) is 12.0 Å². The highest BCUT2D eigenvalue weighted by Gasteiger charge is 2.32. The van der Waals surface area contributed by atoms with Crippen LogP contribution < -0.4 is 0 Å². The highest BCUT2D eigenvalue weighted by molar-refractivity contribution is 5.41. The van der Waals surface area contributed by atoms with Crippen LogP contribution in [0.3, 0.4) is 0 Å². The molecule has 110 valence electrons. The van der Waals surface area contributed by atoms with Gasteiger partial charge < -0.3 is 0 Å². The normalized spacial score (nSPS) is 22.0. The molecule has 0 fully saturated rings. The molecule has 0 unspecified atom stereocenters. The zero-order chi connectivity index (χ0) is 14.7. The lowest BCUT2D eigenvalue weighted by Gasteiger charge is -2.41. The van der Waals surface area contributed by atoms with Gasteiger partial charge in [0.25, 0.3) is 0 Å². The number of hydrogen-bond donors (Lipinski definition) is 0. The van der Waals surface area contributed by atoms with E-state index in [0.717, 1.165) is 6.54 Å². The van der Waals surface area contributed by atoms with E-state index < -0.39 is 0 Å². The predicted molar refractivity (Wildman–Crippen MR) is 89.5 cm³/mol. The first-order valence-electron chi connectivity index (χ1n) is 8.18. The number of fused-ring (bicyclic) bond motifs is 1. The Kier molecular flexibility index (Phi) is 4.40. The molecule has 0 aromatic heterocycles. The first kappa shape index (κ1) is 14.3. The second kappa shape index (κ2) is 6.44. The SMILES string of the molecule is CCCCN1Cc2ccccc2[C@H](c2ccccc2)[C@@H]1C. The molecule has 2 aromatic rings. The lowest BCUT2D eigenvalue weighted by atomic mass is 9.79. The van der Waals surface area contributed by atoms with Gasteiger partial charge in [-0.05, 0) is 36.6 Å². The van der Waals surface area contributed by atoms with Gasteiger partial charge in [0.1, 0.15) is 0 Å². The minimum absolute atomic E-state index is 0.494. The number of hydrogen-bond acceptors (Lipinski definition) is 1. The molecule has 21 heavy (non-hydrogen) atoms. The summed E-state index contributed by atoms with van der Waals surface area (Å²) in [5.74, 6) is 0.494. The molecule has 1 nitrogen and oxygen atoms in total. The van der Waals surface area contributed by atoms with Crippen molar-refractivity contribution in [3.63, 3.8) is 0 Å². The summed E-state index contributed by atoms with van der Waals surface area (Å²) in [5.41, 5.74) is 4.46. The quantitative estimate of drug-likeness (QED) is 0.775. The predicted octanol–water partition coefficient (Wildman–Crippen LogP) is 4.82. The average molecular weight is 279 g/mol. The van der Waals surface area contributed by atoms with Gasteiger partial charge in [-0.25, -0.2) is 0 Å². The van der Waals surface area contributed by atoms with Gasteiger partial charge in [-0.2, -0.15) is 0 Å². The first-order valence-corrected chi connectivity index (χ1v) is 8.18. The minimum atomic E-state index is 0.494. The van der Waals surface area contributed by atoms with Crippen molar-refractivity contribution in [2.45, 2.75) is 45.2 Å². The van der Waals surface area contributed by atoms with Crippen molar-refractivity contribution >= 4 is 0 Å². The van der Waals surface area contributed by atoms with Crippen molar-refractivity contribution in [2.24, 2.45) is 0 Å². The van der Waals surface area contributed by atoms with Gasteiger partial charge in [-0.3, -0.25) is 4.90 Å². The third-order valence-electron chi connectivity index (χ3n) is 4.78. The lowest BCUT2D eigenvalue weighted by Crippen LogP contribution is -2.42. The van der Waals surface area contributed by atoms with Crippen molar-refractivity contribution in [1.82, 2.24) is 4.90 Å². The van der Waals surface area contributed by atoms with E-state index in [4.69, 9.17) is 0 Å². The molecule has 0 amide bonds. The van der Waals surface area contributed by atoms with Crippen molar-refractivity contribution in [3.05, 3.63) is 71.3 Å². The molecule has 0 N–H and O–H groups in total. The molecule has 1 aliphatic heterocycles. The van der Waals surface area contributed by atoms with Gasteiger partial charge in [0.2, 0.25) is 0 Å². The Bertz CT molecular complexity index is 575. The monoisotopic (exact) mass is 279 g/mol. The standard InChI is InChI=1S/C20H25N/c1-3-4-14-21-15-18-12-8-9-13-19(18)20(16(21)2)17-10-6-5-7-11-17/h5-13,16,20H,3-4,14-15H2,1-2H3/t16-,20-/m0/s1. The second-order valence-electron chi connectivity index (χ2n) is 6.15. The van der Waals surface area contributed by atoms with Crippen molar-refractivity contribution < 1.29 is 0 Å². The molecule has 1 heterocycles. The van der Waals surface area contributed by atoms with Crippen LogP contribution in [0, 0.1) is 0 Å². The molecule has 0 radical (unpaired) electrons.